The molecule has 0 aromatic rings. The van der Waals surface area contributed by atoms with Crippen molar-refractivity contribution in [3.05, 3.63) is 11.6 Å². The van der Waals surface area contributed by atoms with Crippen LogP contribution in [0.2, 0.25) is 0 Å². The third-order valence-electron chi connectivity index (χ3n) is 9.05. The van der Waals surface area contributed by atoms with E-state index in [4.69, 9.17) is 25.8 Å². The monoisotopic (exact) mass is 468 g/mol. The molecule has 1 N–H and O–H groups in total. The fourth-order valence-electron chi connectivity index (χ4n) is 7.68. The van der Waals surface area contributed by atoms with Gasteiger partial charge in [0.1, 0.15) is 0 Å². The van der Waals surface area contributed by atoms with E-state index in [9.17, 15) is 19.5 Å². The van der Waals surface area contributed by atoms with Gasteiger partial charge in [-0.1, -0.05) is 31.0 Å². The highest BCUT2D eigenvalue weighted by atomic mass is 35.5. The highest BCUT2D eigenvalue weighted by Gasteiger charge is 2.71. The summed E-state index contributed by atoms with van der Waals surface area (Å²) in [6, 6.07) is -0.345. The maximum atomic E-state index is 13.2. The molecule has 0 aliphatic heterocycles. The van der Waals surface area contributed by atoms with Gasteiger partial charge in [-0.05, 0) is 74.7 Å². The first kappa shape index (κ1) is 23.6. The largest absolute Gasteiger partial charge is 0.509 e. The van der Waals surface area contributed by atoms with Gasteiger partial charge in [0.2, 0.25) is 5.60 Å². The van der Waals surface area contributed by atoms with Crippen molar-refractivity contribution < 1.29 is 33.7 Å². The molecule has 2 unspecified atom stereocenters. The van der Waals surface area contributed by atoms with E-state index < -0.39 is 29.2 Å². The van der Waals surface area contributed by atoms with Crippen molar-refractivity contribution in [1.82, 2.24) is 0 Å². The molecule has 0 radical (unpaired) electrons. The molecule has 3 saturated carbocycles. The molecule has 3 fully saturated rings. The molecule has 7 nitrogen and oxygen atoms in total. The molecule has 32 heavy (non-hydrogen) atoms. The summed E-state index contributed by atoms with van der Waals surface area (Å²) in [7, 11) is 0. The van der Waals surface area contributed by atoms with Crippen LogP contribution in [0.5, 0.6) is 0 Å². The Balaban J connectivity index is 1.72. The fraction of sp³-hybridized carbons (Fsp3) is 0.792. The predicted octanol–water partition coefficient (Wildman–Crippen LogP) is 4.14. The Morgan fingerprint density at radius 1 is 1.19 bits per heavy atom. The van der Waals surface area contributed by atoms with Crippen molar-refractivity contribution in [3.63, 3.8) is 0 Å². The number of carbonyl (C=O) groups is 3. The second-order valence-electron chi connectivity index (χ2n) is 10.3. The van der Waals surface area contributed by atoms with Gasteiger partial charge in [-0.2, -0.15) is 0 Å². The van der Waals surface area contributed by atoms with Crippen LogP contribution in [0.4, 0.5) is 4.79 Å². The molecule has 4 aliphatic carbocycles. The lowest BCUT2D eigenvalue weighted by atomic mass is 9.45. The number of halogens is 1. The molecule has 0 heterocycles. The van der Waals surface area contributed by atoms with E-state index >= 15 is 0 Å². The SMILES string of the molecule is CCOC(=O)OC1(C(=O)OCCl)CC[C@H]2[C@@H]3CCC4=CC(=O)CC[C@]4(C)[C@@H]3C(O)C[C@@]21C. The Morgan fingerprint density at radius 3 is 2.62 bits per heavy atom. The summed E-state index contributed by atoms with van der Waals surface area (Å²) in [5, 5.41) is 11.5. The lowest BCUT2D eigenvalue weighted by Crippen LogP contribution is -2.63. The van der Waals surface area contributed by atoms with Crippen LogP contribution in [0.15, 0.2) is 11.6 Å². The van der Waals surface area contributed by atoms with Gasteiger partial charge in [-0.15, -0.1) is 0 Å². The highest BCUT2D eigenvalue weighted by molar-refractivity contribution is 6.17. The van der Waals surface area contributed by atoms with Crippen molar-refractivity contribution in [1.29, 1.82) is 0 Å². The Hall–Kier alpha value is -1.60. The number of allylic oxidation sites excluding steroid dienone is 1. The molecule has 8 heteroatoms. The van der Waals surface area contributed by atoms with Gasteiger partial charge in [0.05, 0.1) is 12.7 Å². The van der Waals surface area contributed by atoms with Gasteiger partial charge in [0, 0.05) is 11.8 Å². The first-order valence-corrected chi connectivity index (χ1v) is 12.2. The Bertz CT molecular complexity index is 840. The van der Waals surface area contributed by atoms with Crippen LogP contribution in [0.1, 0.15) is 65.7 Å². The molecule has 0 aromatic carbocycles. The predicted molar refractivity (Wildman–Crippen MR) is 116 cm³/mol. The molecular weight excluding hydrogens is 436 g/mol. The number of esters is 1. The van der Waals surface area contributed by atoms with Crippen LogP contribution in [-0.4, -0.2) is 47.4 Å². The third-order valence-corrected chi connectivity index (χ3v) is 9.16. The Kier molecular flexibility index (Phi) is 6.12. The number of aliphatic hydroxyl groups excluding tert-OH is 1. The summed E-state index contributed by atoms with van der Waals surface area (Å²) in [6.07, 6.45) is 4.32. The van der Waals surface area contributed by atoms with Gasteiger partial charge in [-0.25, -0.2) is 9.59 Å². The average Bonchev–Trinajstić information content (AvgIpc) is 3.01. The van der Waals surface area contributed by atoms with E-state index in [1.165, 1.54) is 0 Å². The third kappa shape index (κ3) is 3.30. The van der Waals surface area contributed by atoms with Gasteiger partial charge >= 0.3 is 12.1 Å². The van der Waals surface area contributed by atoms with Crippen molar-refractivity contribution in [3.8, 4) is 0 Å². The Labute approximate surface area is 193 Å². The van der Waals surface area contributed by atoms with E-state index in [1.54, 1.807) is 13.0 Å². The van der Waals surface area contributed by atoms with Crippen LogP contribution in [0, 0.1) is 28.6 Å². The highest BCUT2D eigenvalue weighted by Crippen LogP contribution is 2.68. The molecule has 0 spiro atoms. The molecule has 0 amide bonds. The number of fused-ring (bicyclic) bond motifs is 5. The second kappa shape index (κ2) is 8.32. The van der Waals surface area contributed by atoms with Crippen molar-refractivity contribution in [2.75, 3.05) is 12.7 Å². The zero-order chi connectivity index (χ0) is 23.3. The van der Waals surface area contributed by atoms with Gasteiger partial charge < -0.3 is 19.3 Å². The van der Waals surface area contributed by atoms with E-state index in [1.807, 2.05) is 6.92 Å². The number of ketones is 1. The molecule has 0 saturated heterocycles. The molecule has 4 rings (SSSR count). The normalized spacial score (nSPS) is 42.8. The maximum Gasteiger partial charge on any atom is 0.509 e. The minimum atomic E-state index is -1.55. The van der Waals surface area contributed by atoms with Gasteiger partial charge in [-0.3, -0.25) is 4.79 Å². The lowest BCUT2D eigenvalue weighted by Gasteiger charge is -2.60. The summed E-state index contributed by atoms with van der Waals surface area (Å²) in [4.78, 5) is 37.6. The van der Waals surface area contributed by atoms with Crippen molar-refractivity contribution in [2.45, 2.75) is 77.4 Å². The molecule has 7 atom stereocenters. The first-order valence-electron chi connectivity index (χ1n) is 11.6. The number of rotatable bonds is 4. The van der Waals surface area contributed by atoms with Crippen LogP contribution in [-0.2, 0) is 23.8 Å². The van der Waals surface area contributed by atoms with E-state index in [-0.39, 0.29) is 41.6 Å². The number of hydrogen-bond acceptors (Lipinski definition) is 7. The Morgan fingerprint density at radius 2 is 1.94 bits per heavy atom. The molecule has 4 aliphatic rings. The molecular formula is C24H33ClO7. The van der Waals surface area contributed by atoms with Crippen LogP contribution >= 0.6 is 11.6 Å². The van der Waals surface area contributed by atoms with Gasteiger partial charge in [0.15, 0.2) is 11.8 Å². The zero-order valence-corrected chi connectivity index (χ0v) is 19.8. The summed E-state index contributed by atoms with van der Waals surface area (Å²) in [5.41, 5.74) is -1.46. The fourth-order valence-corrected chi connectivity index (χ4v) is 7.77. The van der Waals surface area contributed by atoms with Gasteiger partial charge in [0.25, 0.3) is 0 Å². The smallest absolute Gasteiger partial charge is 0.446 e. The number of aliphatic hydroxyl groups is 1. The van der Waals surface area contributed by atoms with Crippen molar-refractivity contribution in [2.24, 2.45) is 28.6 Å². The topological polar surface area (TPSA) is 99.1 Å². The van der Waals surface area contributed by atoms with E-state index in [0.717, 1.165) is 24.8 Å². The standard InChI is InChI=1S/C24H33ClO7/c1-4-30-21(29)32-24(20(28)31-13-25)10-8-17-16-6-5-14-11-15(26)7-9-22(14,2)19(16)18(27)12-23(17,24)3/h11,16-19,27H,4-10,12-13H2,1-3H3/t16-,17-,18?,19-,22-,23-,24?/m0/s1. The van der Waals surface area contributed by atoms with Crippen LogP contribution in [0.3, 0.4) is 0 Å². The number of alkyl halides is 1. The van der Waals surface area contributed by atoms with E-state index in [2.05, 4.69) is 6.92 Å². The minimum Gasteiger partial charge on any atom is -0.446 e. The summed E-state index contributed by atoms with van der Waals surface area (Å²) >= 11 is 5.70. The minimum absolute atomic E-state index is 0.00360. The molecule has 178 valence electrons. The lowest BCUT2D eigenvalue weighted by molar-refractivity contribution is -0.202. The quantitative estimate of drug-likeness (QED) is 0.489. The second-order valence-corrected chi connectivity index (χ2v) is 10.5. The number of hydrogen-bond donors (Lipinski definition) is 1. The number of carbonyl (C=O) groups excluding carboxylic acids is 3. The summed E-state index contributed by atoms with van der Waals surface area (Å²) in [5.74, 6) is -0.310. The molecule has 0 bridgehead atoms. The van der Waals surface area contributed by atoms with E-state index in [0.29, 0.717) is 25.7 Å². The summed E-state index contributed by atoms with van der Waals surface area (Å²) in [6.45, 7) is 5.89. The maximum absolute atomic E-state index is 13.2. The van der Waals surface area contributed by atoms with Crippen LogP contribution < -0.4 is 0 Å². The average molecular weight is 469 g/mol. The first-order chi connectivity index (χ1) is 15.1. The van der Waals surface area contributed by atoms with Crippen LogP contribution in [0.25, 0.3) is 0 Å². The zero-order valence-electron chi connectivity index (χ0n) is 19.0. The number of ether oxygens (including phenoxy) is 3. The van der Waals surface area contributed by atoms with Crippen molar-refractivity contribution >= 4 is 29.5 Å². The summed E-state index contributed by atoms with van der Waals surface area (Å²) < 4.78 is 15.9. The molecule has 0 aromatic heterocycles.